The second kappa shape index (κ2) is 4.18. The average molecular weight is 250 g/mol. The minimum absolute atomic E-state index is 0.230. The summed E-state index contributed by atoms with van der Waals surface area (Å²) in [7, 11) is -3.58. The molecule has 2 aromatic carbocycles. The van der Waals surface area contributed by atoms with E-state index >= 15 is 0 Å². The van der Waals surface area contributed by atoms with Gasteiger partial charge >= 0.3 is 10.1 Å². The molecule has 0 radical (unpaired) electrons. The van der Waals surface area contributed by atoms with Crippen molar-refractivity contribution in [3.05, 3.63) is 42.0 Å². The van der Waals surface area contributed by atoms with E-state index in [1.54, 1.807) is 24.3 Å². The summed E-state index contributed by atoms with van der Waals surface area (Å²) >= 11 is 0. The van der Waals surface area contributed by atoms with Crippen molar-refractivity contribution in [3.63, 3.8) is 0 Å². The van der Waals surface area contributed by atoms with Crippen LogP contribution >= 0.6 is 0 Å². The van der Waals surface area contributed by atoms with Crippen molar-refractivity contribution in [1.82, 2.24) is 0 Å². The van der Waals surface area contributed by atoms with E-state index in [2.05, 4.69) is 0 Å². The average Bonchev–Trinajstić information content (AvgIpc) is 2.28. The van der Waals surface area contributed by atoms with Crippen molar-refractivity contribution in [1.29, 1.82) is 0 Å². The van der Waals surface area contributed by atoms with Crippen molar-refractivity contribution in [2.24, 2.45) is 0 Å². The monoisotopic (exact) mass is 250 g/mol. The summed E-state index contributed by atoms with van der Waals surface area (Å²) in [5.74, 6) is 0.230. The normalized spacial score (nSPS) is 11.4. The van der Waals surface area contributed by atoms with Crippen LogP contribution in [-0.4, -0.2) is 21.0 Å². The van der Waals surface area contributed by atoms with E-state index in [0.29, 0.717) is 16.3 Å². The van der Waals surface area contributed by atoms with Gasteiger partial charge in [0.05, 0.1) is 6.26 Å². The van der Waals surface area contributed by atoms with Crippen LogP contribution in [0.4, 0.5) is 0 Å². The lowest BCUT2D eigenvalue weighted by molar-refractivity contribution is 0.112. The molecule has 2 rings (SSSR count). The first-order valence-electron chi connectivity index (χ1n) is 4.87. The molecule has 4 nitrogen and oxygen atoms in total. The summed E-state index contributed by atoms with van der Waals surface area (Å²) in [4.78, 5) is 10.9. The highest BCUT2D eigenvalue weighted by molar-refractivity contribution is 7.86. The lowest BCUT2D eigenvalue weighted by Gasteiger charge is -2.08. The molecule has 0 aliphatic heterocycles. The van der Waals surface area contributed by atoms with Gasteiger partial charge in [-0.1, -0.05) is 24.3 Å². The van der Waals surface area contributed by atoms with Gasteiger partial charge in [-0.2, -0.15) is 8.42 Å². The highest BCUT2D eigenvalue weighted by Gasteiger charge is 2.10. The van der Waals surface area contributed by atoms with Crippen LogP contribution in [0.15, 0.2) is 36.4 Å². The molecular weight excluding hydrogens is 240 g/mol. The minimum Gasteiger partial charge on any atom is -0.382 e. The lowest BCUT2D eigenvalue weighted by Crippen LogP contribution is -2.06. The van der Waals surface area contributed by atoms with Crippen molar-refractivity contribution < 1.29 is 17.4 Å². The van der Waals surface area contributed by atoms with Gasteiger partial charge in [-0.25, -0.2) is 0 Å². The maximum absolute atomic E-state index is 11.1. The third-order valence-electron chi connectivity index (χ3n) is 2.29. The zero-order valence-corrected chi connectivity index (χ0v) is 9.90. The first-order valence-corrected chi connectivity index (χ1v) is 6.69. The SMILES string of the molecule is CS(=O)(=O)Oc1ccc(C=O)c2ccccc12. The van der Waals surface area contributed by atoms with Gasteiger partial charge in [0, 0.05) is 10.9 Å². The number of hydrogen-bond donors (Lipinski definition) is 0. The number of fused-ring (bicyclic) bond motifs is 1. The van der Waals surface area contributed by atoms with E-state index in [0.717, 1.165) is 12.5 Å². The molecule has 0 unspecified atom stereocenters. The van der Waals surface area contributed by atoms with Crippen molar-refractivity contribution in [2.45, 2.75) is 0 Å². The Balaban J connectivity index is 2.71. The Morgan fingerprint density at radius 2 is 1.71 bits per heavy atom. The van der Waals surface area contributed by atoms with Gasteiger partial charge in [0.25, 0.3) is 0 Å². The summed E-state index contributed by atoms with van der Waals surface area (Å²) in [6.07, 6.45) is 1.71. The molecule has 0 heterocycles. The van der Waals surface area contributed by atoms with E-state index < -0.39 is 10.1 Å². The fourth-order valence-electron chi connectivity index (χ4n) is 1.63. The maximum Gasteiger partial charge on any atom is 0.306 e. The van der Waals surface area contributed by atoms with Crippen LogP contribution in [0.3, 0.4) is 0 Å². The van der Waals surface area contributed by atoms with Crippen LogP contribution in [0.5, 0.6) is 5.75 Å². The molecular formula is C12H10O4S. The van der Waals surface area contributed by atoms with Crippen LogP contribution in [0.2, 0.25) is 0 Å². The zero-order valence-electron chi connectivity index (χ0n) is 9.08. The molecule has 5 heteroatoms. The topological polar surface area (TPSA) is 60.4 Å². The molecule has 17 heavy (non-hydrogen) atoms. The molecule has 0 fully saturated rings. The first kappa shape index (κ1) is 11.6. The van der Waals surface area contributed by atoms with Gasteiger partial charge in [0.2, 0.25) is 0 Å². The minimum atomic E-state index is -3.58. The molecule has 0 atom stereocenters. The summed E-state index contributed by atoms with van der Waals surface area (Å²) in [5, 5.41) is 1.27. The quantitative estimate of drug-likeness (QED) is 0.617. The van der Waals surface area contributed by atoms with Crippen molar-refractivity contribution in [3.8, 4) is 5.75 Å². The van der Waals surface area contributed by atoms with Crippen LogP contribution in [0, 0.1) is 0 Å². The number of carbonyl (C=O) groups is 1. The smallest absolute Gasteiger partial charge is 0.306 e. The predicted molar refractivity (Wildman–Crippen MR) is 64.8 cm³/mol. The molecule has 0 aliphatic rings. The number of aldehydes is 1. The maximum atomic E-state index is 11.1. The number of hydrogen-bond acceptors (Lipinski definition) is 4. The summed E-state index contributed by atoms with van der Waals surface area (Å²) in [5.41, 5.74) is 0.501. The van der Waals surface area contributed by atoms with Crippen molar-refractivity contribution in [2.75, 3.05) is 6.26 Å². The van der Waals surface area contributed by atoms with E-state index in [1.165, 1.54) is 12.1 Å². The molecule has 0 spiro atoms. The van der Waals surface area contributed by atoms with Gasteiger partial charge in [-0.3, -0.25) is 4.79 Å². The number of carbonyl (C=O) groups excluding carboxylic acids is 1. The van der Waals surface area contributed by atoms with Crippen LogP contribution in [-0.2, 0) is 10.1 Å². The Kier molecular flexibility index (Phi) is 2.85. The fraction of sp³-hybridized carbons (Fsp3) is 0.0833. The van der Waals surface area contributed by atoms with Gasteiger partial charge in [-0.15, -0.1) is 0 Å². The molecule has 0 amide bonds. The fourth-order valence-corrected chi connectivity index (χ4v) is 2.10. The Morgan fingerprint density at radius 1 is 1.06 bits per heavy atom. The van der Waals surface area contributed by atoms with Gasteiger partial charge in [0.1, 0.15) is 5.75 Å². The van der Waals surface area contributed by atoms with E-state index in [1.807, 2.05) is 0 Å². The van der Waals surface area contributed by atoms with Gasteiger partial charge in [-0.05, 0) is 17.5 Å². The van der Waals surface area contributed by atoms with Crippen LogP contribution in [0.25, 0.3) is 10.8 Å². The van der Waals surface area contributed by atoms with Crippen molar-refractivity contribution >= 4 is 27.2 Å². The number of rotatable bonds is 3. The molecule has 0 bridgehead atoms. The molecule has 88 valence electrons. The molecule has 0 N–H and O–H groups in total. The van der Waals surface area contributed by atoms with E-state index in [-0.39, 0.29) is 5.75 Å². The molecule has 0 aliphatic carbocycles. The molecule has 2 aromatic rings. The Labute approximate surface area is 99.0 Å². The van der Waals surface area contributed by atoms with Crippen LogP contribution < -0.4 is 4.18 Å². The summed E-state index contributed by atoms with van der Waals surface area (Å²) in [6, 6.07) is 10.0. The standard InChI is InChI=1S/C12H10O4S/c1-17(14,15)16-12-7-6-9(8-13)10-4-2-3-5-11(10)12/h2-8H,1H3. The van der Waals surface area contributed by atoms with Crippen LogP contribution in [0.1, 0.15) is 10.4 Å². The predicted octanol–water partition coefficient (Wildman–Crippen LogP) is 1.99. The Morgan fingerprint density at radius 3 is 2.29 bits per heavy atom. The highest BCUT2D eigenvalue weighted by atomic mass is 32.2. The zero-order chi connectivity index (χ0) is 12.5. The second-order valence-corrected chi connectivity index (χ2v) is 5.18. The van der Waals surface area contributed by atoms with E-state index in [4.69, 9.17) is 4.18 Å². The number of benzene rings is 2. The molecule has 0 saturated heterocycles. The Bertz CT molecular complexity index is 674. The summed E-state index contributed by atoms with van der Waals surface area (Å²) in [6.45, 7) is 0. The first-order chi connectivity index (χ1) is 8.01. The third kappa shape index (κ3) is 2.45. The largest absolute Gasteiger partial charge is 0.382 e. The van der Waals surface area contributed by atoms with E-state index in [9.17, 15) is 13.2 Å². The second-order valence-electron chi connectivity index (χ2n) is 3.60. The lowest BCUT2D eigenvalue weighted by atomic mass is 10.0. The van der Waals surface area contributed by atoms with Gasteiger partial charge in [0.15, 0.2) is 6.29 Å². The third-order valence-corrected chi connectivity index (χ3v) is 2.77. The molecule has 0 saturated carbocycles. The summed E-state index contributed by atoms with van der Waals surface area (Å²) < 4.78 is 27.1. The highest BCUT2D eigenvalue weighted by Crippen LogP contribution is 2.28. The van der Waals surface area contributed by atoms with Gasteiger partial charge < -0.3 is 4.18 Å². The Hall–Kier alpha value is -1.88. The molecule has 0 aromatic heterocycles.